The molecule has 0 radical (unpaired) electrons. The summed E-state index contributed by atoms with van der Waals surface area (Å²) in [6.45, 7) is 4.31. The van der Waals surface area contributed by atoms with Gasteiger partial charge in [-0.25, -0.2) is 0 Å². The Balaban J connectivity index is 1.13. The van der Waals surface area contributed by atoms with Crippen molar-refractivity contribution in [1.29, 1.82) is 0 Å². The number of thioether (sulfide) groups is 1. The predicted octanol–water partition coefficient (Wildman–Crippen LogP) is 11.2. The van der Waals surface area contributed by atoms with Gasteiger partial charge in [0.05, 0.1) is 22.2 Å². The van der Waals surface area contributed by atoms with Crippen molar-refractivity contribution in [3.05, 3.63) is 173 Å². The van der Waals surface area contributed by atoms with Crippen molar-refractivity contribution in [2.75, 3.05) is 24.7 Å². The number of thiazole rings is 1. The lowest BCUT2D eigenvalue weighted by Gasteiger charge is -2.21. The van der Waals surface area contributed by atoms with Crippen LogP contribution in [0, 0.1) is 0 Å². The molecule has 10 heteroatoms. The second-order valence-electron chi connectivity index (χ2n) is 13.5. The van der Waals surface area contributed by atoms with Gasteiger partial charge in [0, 0.05) is 17.0 Å². The minimum absolute atomic E-state index is 0.169. The maximum Gasteiger partial charge on any atom is 0.294 e. The van der Waals surface area contributed by atoms with E-state index in [9.17, 15) is 13.0 Å². The molecule has 0 atom stereocenters. The number of fused-ring (bicyclic) bond motifs is 2. The summed E-state index contributed by atoms with van der Waals surface area (Å²) in [5, 5.41) is 2.25. The van der Waals surface area contributed by atoms with Crippen molar-refractivity contribution in [2.45, 2.75) is 29.7 Å². The summed E-state index contributed by atoms with van der Waals surface area (Å²) in [6, 6.07) is 50.0. The first-order chi connectivity index (χ1) is 27.8. The van der Waals surface area contributed by atoms with Crippen LogP contribution in [0.3, 0.4) is 0 Å². The van der Waals surface area contributed by atoms with E-state index in [0.29, 0.717) is 32.1 Å². The molecule has 2 heterocycles. The maximum absolute atomic E-state index is 11.6. The quantitative estimate of drug-likeness (QED) is 0.0865. The summed E-state index contributed by atoms with van der Waals surface area (Å²) >= 11 is 3.53. The molecule has 7 aromatic rings. The normalized spacial score (nSPS) is 13.6. The number of nitrogens with zero attached hydrogens (tertiary/aromatic N) is 2. The van der Waals surface area contributed by atoms with Crippen LogP contribution in [0.4, 0.5) is 5.69 Å². The van der Waals surface area contributed by atoms with Crippen LogP contribution in [0.25, 0.3) is 38.5 Å². The Morgan fingerprint density at radius 3 is 2.00 bits per heavy atom. The summed E-state index contributed by atoms with van der Waals surface area (Å²) < 4.78 is 48.5. The molecule has 0 amide bonds. The van der Waals surface area contributed by atoms with Crippen LogP contribution in [-0.2, 0) is 16.7 Å². The molecule has 8 rings (SSSR count). The second-order valence-corrected chi connectivity index (χ2v) is 17.0. The summed E-state index contributed by atoms with van der Waals surface area (Å²) in [5.74, 6) is 1.37. The highest BCUT2D eigenvalue weighted by atomic mass is 32.2. The standard InChI is InChI=1S/C47H40N2O5S3/c1-2-34(30-46-48(26-28-53-39-16-10-5-11-17-39)42-32-37(18-24-44(42)55-46)35-12-6-3-7-13-35)31-47-49(27-29-54-40-20-22-41(23-21-40)57(50,51)52)43-33-38(19-25-45(43)56-47)36-14-8-4-9-15-36/h3-25,30-33H,2,26-29H2,1H3/p+1. The van der Waals surface area contributed by atoms with Crippen LogP contribution in [0.5, 0.6) is 11.5 Å². The number of aromatic nitrogens is 1. The molecule has 6 aromatic carbocycles. The molecule has 1 aliphatic rings. The molecule has 1 aromatic heterocycles. The Labute approximate surface area is 341 Å². The van der Waals surface area contributed by atoms with E-state index < -0.39 is 10.1 Å². The smallest absolute Gasteiger partial charge is 0.294 e. The monoisotopic (exact) mass is 809 g/mol. The lowest BCUT2D eigenvalue weighted by atomic mass is 10.0. The third kappa shape index (κ3) is 9.00. The van der Waals surface area contributed by atoms with Gasteiger partial charge in [-0.3, -0.25) is 4.55 Å². The van der Waals surface area contributed by atoms with E-state index in [-0.39, 0.29) is 4.90 Å². The Morgan fingerprint density at radius 1 is 0.719 bits per heavy atom. The van der Waals surface area contributed by atoms with Crippen molar-refractivity contribution in [1.82, 2.24) is 0 Å². The molecule has 0 saturated carbocycles. The van der Waals surface area contributed by atoms with E-state index in [1.165, 1.54) is 39.0 Å². The van der Waals surface area contributed by atoms with Gasteiger partial charge in [-0.2, -0.15) is 13.0 Å². The van der Waals surface area contributed by atoms with E-state index in [2.05, 4.69) is 113 Å². The molecule has 1 aliphatic heterocycles. The molecule has 0 spiro atoms. The SMILES string of the molecule is CCC(=Cc1sc2ccc(-c3ccccc3)cc2[n+]1CCOc1ccccc1)C=C1Sc2ccc(-c3ccccc3)cc2N1CCOc1ccc(S(=O)(=O)O)cc1. The third-order valence-electron chi connectivity index (χ3n) is 9.73. The number of anilines is 1. The zero-order valence-corrected chi connectivity index (χ0v) is 33.8. The number of hydrogen-bond acceptors (Lipinski definition) is 7. The molecule has 0 bridgehead atoms. The van der Waals surface area contributed by atoms with Gasteiger partial charge in [-0.15, -0.1) is 0 Å². The average Bonchev–Trinajstić information content (AvgIpc) is 3.77. The van der Waals surface area contributed by atoms with E-state index in [1.54, 1.807) is 35.2 Å². The topological polar surface area (TPSA) is 80.0 Å². The van der Waals surface area contributed by atoms with Crippen LogP contribution < -0.4 is 18.9 Å². The lowest BCUT2D eigenvalue weighted by Crippen LogP contribution is -2.38. The van der Waals surface area contributed by atoms with E-state index in [4.69, 9.17) is 9.47 Å². The van der Waals surface area contributed by atoms with E-state index >= 15 is 0 Å². The Bertz CT molecular complexity index is 2660. The molecule has 57 heavy (non-hydrogen) atoms. The van der Waals surface area contributed by atoms with Crippen molar-refractivity contribution >= 4 is 55.2 Å². The minimum atomic E-state index is -4.28. The van der Waals surface area contributed by atoms with Crippen molar-refractivity contribution in [3.63, 3.8) is 0 Å². The summed E-state index contributed by atoms with van der Waals surface area (Å²) in [4.78, 5) is 3.30. The first kappa shape index (κ1) is 38.2. The number of para-hydroxylation sites is 1. The highest BCUT2D eigenvalue weighted by Gasteiger charge is 2.27. The van der Waals surface area contributed by atoms with E-state index in [1.807, 2.05) is 42.5 Å². The largest absolute Gasteiger partial charge is 0.492 e. The highest BCUT2D eigenvalue weighted by Crippen LogP contribution is 2.48. The van der Waals surface area contributed by atoms with Gasteiger partial charge in [0.2, 0.25) is 5.52 Å². The number of hydrogen-bond donors (Lipinski definition) is 1. The molecule has 0 fully saturated rings. The van der Waals surface area contributed by atoms with Gasteiger partial charge in [-0.1, -0.05) is 121 Å². The number of allylic oxidation sites excluding steroid dienone is 2. The van der Waals surface area contributed by atoms with Crippen molar-refractivity contribution in [3.8, 4) is 33.8 Å². The summed E-state index contributed by atoms with van der Waals surface area (Å²) in [6.07, 6.45) is 5.43. The first-order valence-corrected chi connectivity index (χ1v) is 21.9. The third-order valence-corrected chi connectivity index (χ3v) is 12.8. The summed E-state index contributed by atoms with van der Waals surface area (Å²) in [5.41, 5.74) is 8.10. The Hall–Kier alpha value is -5.65. The molecule has 7 nitrogen and oxygen atoms in total. The van der Waals surface area contributed by atoms with Crippen LogP contribution in [0.15, 0.2) is 178 Å². The van der Waals surface area contributed by atoms with Crippen molar-refractivity contribution < 1.29 is 27.0 Å². The van der Waals surface area contributed by atoms with E-state index in [0.717, 1.165) is 43.9 Å². The highest BCUT2D eigenvalue weighted by molar-refractivity contribution is 8.03. The fourth-order valence-corrected chi connectivity index (χ4v) is 9.57. The van der Waals surface area contributed by atoms with Crippen molar-refractivity contribution in [2.24, 2.45) is 0 Å². The van der Waals surface area contributed by atoms with Gasteiger partial charge in [-0.05, 0) is 94.9 Å². The maximum atomic E-state index is 11.6. The Kier molecular flexibility index (Phi) is 11.6. The average molecular weight is 810 g/mol. The molecule has 0 saturated heterocycles. The molecule has 286 valence electrons. The fraction of sp³-hybridized carbons (Fsp3) is 0.128. The summed E-state index contributed by atoms with van der Waals surface area (Å²) in [7, 11) is -4.28. The van der Waals surface area contributed by atoms with Gasteiger partial charge in [0.15, 0.2) is 6.54 Å². The molecular formula is C47H41N2O5S3+. The van der Waals surface area contributed by atoms with Crippen LogP contribution in [-0.4, -0.2) is 32.7 Å². The van der Waals surface area contributed by atoms with Crippen LogP contribution in [0.1, 0.15) is 18.4 Å². The lowest BCUT2D eigenvalue weighted by molar-refractivity contribution is -0.669. The Morgan fingerprint density at radius 2 is 1.33 bits per heavy atom. The number of benzene rings is 6. The van der Waals surface area contributed by atoms with Gasteiger partial charge >= 0.3 is 0 Å². The van der Waals surface area contributed by atoms with Crippen LogP contribution in [0.2, 0.25) is 0 Å². The first-order valence-electron chi connectivity index (χ1n) is 18.8. The number of rotatable bonds is 14. The molecule has 1 N–H and O–H groups in total. The van der Waals surface area contributed by atoms with Gasteiger partial charge in [0.1, 0.15) is 29.4 Å². The second kappa shape index (κ2) is 17.2. The number of ether oxygens (including phenoxy) is 2. The van der Waals surface area contributed by atoms with Crippen LogP contribution >= 0.6 is 23.1 Å². The van der Waals surface area contributed by atoms with Gasteiger partial charge in [0.25, 0.3) is 15.1 Å². The molecule has 0 aliphatic carbocycles. The zero-order chi connectivity index (χ0) is 39.2. The fourth-order valence-electron chi connectivity index (χ4n) is 6.80. The van der Waals surface area contributed by atoms with Gasteiger partial charge < -0.3 is 14.4 Å². The minimum Gasteiger partial charge on any atom is -0.492 e. The molecule has 0 unspecified atom stereocenters. The molecular weight excluding hydrogens is 769 g/mol. The zero-order valence-electron chi connectivity index (χ0n) is 31.3. The predicted molar refractivity (Wildman–Crippen MR) is 233 cm³/mol.